The van der Waals surface area contributed by atoms with Crippen molar-refractivity contribution in [2.45, 2.75) is 4.90 Å². The van der Waals surface area contributed by atoms with Crippen molar-refractivity contribution in [3.05, 3.63) is 57.7 Å². The first kappa shape index (κ1) is 16.1. The van der Waals surface area contributed by atoms with E-state index in [1.54, 1.807) is 36.5 Å². The van der Waals surface area contributed by atoms with E-state index >= 15 is 0 Å². The van der Waals surface area contributed by atoms with Crippen molar-refractivity contribution in [1.29, 1.82) is 0 Å². The van der Waals surface area contributed by atoms with Crippen molar-refractivity contribution in [3.8, 4) is 0 Å². The van der Waals surface area contributed by atoms with Crippen molar-refractivity contribution >= 4 is 68.4 Å². The van der Waals surface area contributed by atoms with Gasteiger partial charge in [-0.2, -0.15) is 0 Å². The predicted molar refractivity (Wildman–Crippen MR) is 98.4 cm³/mol. The van der Waals surface area contributed by atoms with Crippen molar-refractivity contribution in [2.75, 3.05) is 5.32 Å². The van der Waals surface area contributed by atoms with Gasteiger partial charge in [-0.1, -0.05) is 17.7 Å². The lowest BCUT2D eigenvalue weighted by atomic mass is 10.1. The van der Waals surface area contributed by atoms with Crippen molar-refractivity contribution in [1.82, 2.24) is 4.98 Å². The molecule has 0 aliphatic carbocycles. The maximum atomic E-state index is 11.5. The molecule has 1 heterocycles. The average molecular weight is 410 g/mol. The Labute approximate surface area is 151 Å². The van der Waals surface area contributed by atoms with Crippen LogP contribution in [-0.2, 0) is 0 Å². The first-order valence-electron chi connectivity index (χ1n) is 6.53. The molecule has 4 nitrogen and oxygen atoms in total. The smallest absolute Gasteiger partial charge is 0.337 e. The summed E-state index contributed by atoms with van der Waals surface area (Å²) in [6.45, 7) is 0. The first-order valence-corrected chi connectivity index (χ1v) is 8.15. The fourth-order valence-corrected chi connectivity index (χ4v) is 3.11. The molecule has 7 heteroatoms. The zero-order valence-corrected chi connectivity index (χ0v) is 14.8. The summed E-state index contributed by atoms with van der Waals surface area (Å²) in [6.07, 6.45) is 1.61. The number of para-hydroxylation sites is 1. The van der Waals surface area contributed by atoms with E-state index in [4.69, 9.17) is 11.6 Å². The lowest BCUT2D eigenvalue weighted by molar-refractivity contribution is 0.0698. The van der Waals surface area contributed by atoms with Gasteiger partial charge in [0.1, 0.15) is 0 Å². The molecule has 0 amide bonds. The molecule has 1 aromatic heterocycles. The molecule has 0 bridgehead atoms. The molecule has 0 radical (unpaired) electrons. The Bertz CT molecular complexity index is 928. The summed E-state index contributed by atoms with van der Waals surface area (Å²) in [6, 6.07) is 10.3. The molecular formula is C16H10BrClN2O2S. The van der Waals surface area contributed by atoms with Crippen molar-refractivity contribution in [3.63, 3.8) is 0 Å². The van der Waals surface area contributed by atoms with Crippen LogP contribution in [0.25, 0.3) is 10.9 Å². The fraction of sp³-hybridized carbons (Fsp3) is 0. The second-order valence-corrected chi connectivity index (χ2v) is 6.55. The number of pyridine rings is 1. The second kappa shape index (κ2) is 6.39. The zero-order chi connectivity index (χ0) is 16.6. The number of hydrogen-bond donors (Lipinski definition) is 3. The van der Waals surface area contributed by atoms with Gasteiger partial charge >= 0.3 is 5.97 Å². The summed E-state index contributed by atoms with van der Waals surface area (Å²) in [7, 11) is 0. The molecule has 0 aliphatic heterocycles. The van der Waals surface area contributed by atoms with Gasteiger partial charge < -0.3 is 10.4 Å². The summed E-state index contributed by atoms with van der Waals surface area (Å²) in [5, 5.41) is 13.9. The Balaban J connectivity index is 2.22. The minimum atomic E-state index is -1.02. The Kier molecular flexibility index (Phi) is 4.48. The maximum Gasteiger partial charge on any atom is 0.337 e. The second-order valence-electron chi connectivity index (χ2n) is 4.77. The molecule has 116 valence electrons. The molecule has 3 aromatic rings. The summed E-state index contributed by atoms with van der Waals surface area (Å²) < 4.78 is 0.636. The number of halogens is 2. The Morgan fingerprint density at radius 2 is 2.04 bits per heavy atom. The predicted octanol–water partition coefficient (Wildman–Crippen LogP) is 5.38. The molecule has 3 rings (SSSR count). The van der Waals surface area contributed by atoms with Crippen LogP contribution in [-0.4, -0.2) is 16.1 Å². The van der Waals surface area contributed by atoms with E-state index in [0.717, 1.165) is 10.9 Å². The number of rotatable bonds is 3. The number of aromatic carboxylic acids is 1. The maximum absolute atomic E-state index is 11.5. The topological polar surface area (TPSA) is 62.2 Å². The van der Waals surface area contributed by atoms with Crippen LogP contribution >= 0.6 is 40.2 Å². The number of aromatic nitrogens is 1. The monoisotopic (exact) mass is 408 g/mol. The molecule has 0 aliphatic rings. The summed E-state index contributed by atoms with van der Waals surface area (Å²) in [5.74, 6) is -1.02. The number of carboxylic acids is 1. The van der Waals surface area contributed by atoms with Gasteiger partial charge in [0.25, 0.3) is 0 Å². The Morgan fingerprint density at radius 3 is 2.78 bits per heavy atom. The fourth-order valence-electron chi connectivity index (χ4n) is 2.24. The van der Waals surface area contributed by atoms with E-state index in [-0.39, 0.29) is 5.56 Å². The number of nitrogens with zero attached hydrogens (tertiary/aromatic N) is 1. The minimum Gasteiger partial charge on any atom is -0.478 e. The van der Waals surface area contributed by atoms with E-state index in [1.165, 1.54) is 6.07 Å². The van der Waals surface area contributed by atoms with Gasteiger partial charge in [0.15, 0.2) is 0 Å². The average Bonchev–Trinajstić information content (AvgIpc) is 2.51. The van der Waals surface area contributed by atoms with Crippen LogP contribution in [0.4, 0.5) is 11.4 Å². The number of nitrogens with one attached hydrogen (secondary N) is 1. The lowest BCUT2D eigenvalue weighted by Crippen LogP contribution is -2.04. The van der Waals surface area contributed by atoms with Crippen LogP contribution in [0.1, 0.15) is 10.4 Å². The molecule has 23 heavy (non-hydrogen) atoms. The summed E-state index contributed by atoms with van der Waals surface area (Å²) in [4.78, 5) is 16.3. The van der Waals surface area contributed by atoms with Crippen LogP contribution in [0.15, 0.2) is 52.0 Å². The molecule has 0 unspecified atom stereocenters. The largest absolute Gasteiger partial charge is 0.478 e. The van der Waals surface area contributed by atoms with Crippen molar-refractivity contribution < 1.29 is 9.90 Å². The van der Waals surface area contributed by atoms with Crippen LogP contribution in [0, 0.1) is 0 Å². The van der Waals surface area contributed by atoms with E-state index in [2.05, 4.69) is 38.9 Å². The number of hydrogen-bond acceptors (Lipinski definition) is 4. The van der Waals surface area contributed by atoms with Gasteiger partial charge in [-0.3, -0.25) is 4.98 Å². The number of carboxylic acid groups (broad SMARTS) is 1. The van der Waals surface area contributed by atoms with E-state index in [9.17, 15) is 9.90 Å². The van der Waals surface area contributed by atoms with Crippen molar-refractivity contribution in [2.24, 2.45) is 0 Å². The van der Waals surface area contributed by atoms with Crippen LogP contribution in [0.2, 0.25) is 5.02 Å². The highest BCUT2D eigenvalue weighted by Crippen LogP contribution is 2.36. The minimum absolute atomic E-state index is 0.152. The molecule has 0 atom stereocenters. The van der Waals surface area contributed by atoms with Gasteiger partial charge in [0.05, 0.1) is 22.5 Å². The summed E-state index contributed by atoms with van der Waals surface area (Å²) in [5.41, 5.74) is 1.98. The SMILES string of the molecule is O=C(O)c1cccc(Br)c1Nc1c(S)cnc2ccc(Cl)cc12. The number of carbonyl (C=O) groups is 1. The normalized spacial score (nSPS) is 10.7. The standard InChI is InChI=1S/C16H10BrClN2O2S/c17-11-3-1-2-9(16(21)22)14(11)20-15-10-6-8(18)4-5-12(10)19-7-13(15)23/h1-7,23H,(H,19,20)(H,21,22). The number of benzene rings is 2. The zero-order valence-electron chi connectivity index (χ0n) is 11.5. The molecule has 0 saturated carbocycles. The number of fused-ring (bicyclic) bond motifs is 1. The summed E-state index contributed by atoms with van der Waals surface area (Å²) >= 11 is 13.9. The highest BCUT2D eigenvalue weighted by atomic mass is 79.9. The van der Waals surface area contributed by atoms with E-state index in [1.807, 2.05) is 0 Å². The van der Waals surface area contributed by atoms with Gasteiger partial charge in [-0.05, 0) is 46.3 Å². The van der Waals surface area contributed by atoms with Crippen LogP contribution < -0.4 is 5.32 Å². The van der Waals surface area contributed by atoms with E-state index < -0.39 is 5.97 Å². The highest BCUT2D eigenvalue weighted by Gasteiger charge is 2.16. The van der Waals surface area contributed by atoms with E-state index in [0.29, 0.717) is 25.8 Å². The number of thiol groups is 1. The number of anilines is 2. The van der Waals surface area contributed by atoms with Crippen LogP contribution in [0.3, 0.4) is 0 Å². The molecule has 0 saturated heterocycles. The highest BCUT2D eigenvalue weighted by molar-refractivity contribution is 9.10. The quantitative estimate of drug-likeness (QED) is 0.508. The molecular weight excluding hydrogens is 400 g/mol. The Hall–Kier alpha value is -1.76. The first-order chi connectivity index (χ1) is 11.0. The molecule has 0 spiro atoms. The molecule has 0 fully saturated rings. The molecule has 2 N–H and O–H groups in total. The van der Waals surface area contributed by atoms with Gasteiger partial charge in [-0.25, -0.2) is 4.79 Å². The third-order valence-corrected chi connectivity index (χ3v) is 4.54. The van der Waals surface area contributed by atoms with Gasteiger partial charge in [0.2, 0.25) is 0 Å². The van der Waals surface area contributed by atoms with Crippen LogP contribution in [0.5, 0.6) is 0 Å². The third kappa shape index (κ3) is 3.15. The Morgan fingerprint density at radius 1 is 1.26 bits per heavy atom. The van der Waals surface area contributed by atoms with Gasteiger partial charge in [0, 0.05) is 26.0 Å². The lowest BCUT2D eigenvalue weighted by Gasteiger charge is -2.15. The third-order valence-electron chi connectivity index (χ3n) is 3.30. The van der Waals surface area contributed by atoms with Gasteiger partial charge in [-0.15, -0.1) is 12.6 Å². The molecule has 2 aromatic carbocycles.